The highest BCUT2D eigenvalue weighted by Gasteiger charge is 2.29. The highest BCUT2D eigenvalue weighted by molar-refractivity contribution is 7.85. The lowest BCUT2D eigenvalue weighted by atomic mass is 10.2. The van der Waals surface area contributed by atoms with E-state index in [0.29, 0.717) is 12.8 Å². The van der Waals surface area contributed by atoms with E-state index in [1.807, 2.05) is 6.92 Å². The molecule has 2 saturated heterocycles. The highest BCUT2D eigenvalue weighted by Crippen LogP contribution is 2.06. The van der Waals surface area contributed by atoms with E-state index in [1.165, 1.54) is 0 Å². The molecule has 11 nitrogen and oxygen atoms in total. The van der Waals surface area contributed by atoms with Gasteiger partial charge in [-0.2, -0.15) is 8.42 Å². The highest BCUT2D eigenvalue weighted by atomic mass is 32.2. The maximum atomic E-state index is 11.3. The lowest BCUT2D eigenvalue weighted by Crippen LogP contribution is -2.58. The van der Waals surface area contributed by atoms with Gasteiger partial charge in [-0.3, -0.25) is 44.2 Å². The second-order valence-corrected chi connectivity index (χ2v) is 7.07. The number of rotatable bonds is 3. The van der Waals surface area contributed by atoms with Gasteiger partial charge in [-0.25, -0.2) is 0 Å². The van der Waals surface area contributed by atoms with Gasteiger partial charge >= 0.3 is 0 Å². The van der Waals surface area contributed by atoms with E-state index in [2.05, 4.69) is 10.6 Å². The SMILES string of the molecule is CS(=O)(=O)O.C[C@@H](CN1CC(=O)NC(=O)C1)N1CC(=O)NC(=O)C1. The van der Waals surface area contributed by atoms with E-state index < -0.39 is 10.1 Å². The molecular weight excluding hydrogens is 344 g/mol. The van der Waals surface area contributed by atoms with Gasteiger partial charge in [0.25, 0.3) is 10.1 Å². The van der Waals surface area contributed by atoms with Crippen molar-refractivity contribution >= 4 is 33.7 Å². The van der Waals surface area contributed by atoms with Gasteiger partial charge in [0.05, 0.1) is 32.4 Å². The molecule has 2 aliphatic rings. The molecule has 0 saturated carbocycles. The third kappa shape index (κ3) is 8.10. The summed E-state index contributed by atoms with van der Waals surface area (Å²) in [4.78, 5) is 48.5. The summed E-state index contributed by atoms with van der Waals surface area (Å²) in [6, 6.07) is -0.0892. The van der Waals surface area contributed by atoms with Crippen LogP contribution < -0.4 is 10.6 Å². The summed E-state index contributed by atoms with van der Waals surface area (Å²) in [5.41, 5.74) is 0. The van der Waals surface area contributed by atoms with E-state index in [1.54, 1.807) is 9.80 Å². The van der Waals surface area contributed by atoms with Crippen molar-refractivity contribution in [2.24, 2.45) is 0 Å². The average molecular weight is 364 g/mol. The maximum absolute atomic E-state index is 11.3. The Morgan fingerprint density at radius 1 is 0.958 bits per heavy atom. The standard InChI is InChI=1S/C11H16N4O4.CH4O3S/c1-7(15-5-10(18)13-11(19)6-15)2-14-3-8(16)12-9(17)4-14;1-5(2,3)4/h7H,2-6H2,1H3,(H,12,16,17)(H,13,18,19);1H3,(H,2,3,4)/t7-;/m0./s1. The summed E-state index contributed by atoms with van der Waals surface area (Å²) in [5, 5.41) is 4.46. The van der Waals surface area contributed by atoms with Crippen LogP contribution in [-0.2, 0) is 29.3 Å². The lowest BCUT2D eigenvalue weighted by Gasteiger charge is -2.35. The van der Waals surface area contributed by atoms with E-state index >= 15 is 0 Å². The molecule has 0 aliphatic carbocycles. The summed E-state index contributed by atoms with van der Waals surface area (Å²) in [6.45, 7) is 2.94. The van der Waals surface area contributed by atoms with E-state index in [-0.39, 0.29) is 55.8 Å². The van der Waals surface area contributed by atoms with Gasteiger partial charge in [0.2, 0.25) is 23.6 Å². The van der Waals surface area contributed by atoms with Crippen molar-refractivity contribution in [1.82, 2.24) is 20.4 Å². The molecule has 2 heterocycles. The van der Waals surface area contributed by atoms with E-state index in [4.69, 9.17) is 4.55 Å². The number of nitrogens with zero attached hydrogens (tertiary/aromatic N) is 2. The summed E-state index contributed by atoms with van der Waals surface area (Å²) in [6.07, 6.45) is 0.715. The molecule has 0 aromatic carbocycles. The average Bonchev–Trinajstić information content (AvgIpc) is 2.33. The summed E-state index contributed by atoms with van der Waals surface area (Å²) < 4.78 is 25.9. The molecule has 0 aromatic heterocycles. The first-order valence-electron chi connectivity index (χ1n) is 6.98. The van der Waals surface area contributed by atoms with Gasteiger partial charge in [0.1, 0.15) is 0 Å². The van der Waals surface area contributed by atoms with Crippen LogP contribution in [0.2, 0.25) is 0 Å². The Hall–Kier alpha value is -1.89. The molecule has 0 spiro atoms. The second kappa shape index (κ2) is 8.28. The number of hydrogen-bond donors (Lipinski definition) is 3. The molecule has 2 fully saturated rings. The Labute approximate surface area is 139 Å². The Bertz CT molecular complexity index is 593. The number of hydrogen-bond acceptors (Lipinski definition) is 8. The van der Waals surface area contributed by atoms with Gasteiger partial charge in [-0.05, 0) is 6.92 Å². The normalized spacial score (nSPS) is 21.5. The molecule has 0 radical (unpaired) electrons. The Morgan fingerprint density at radius 3 is 1.67 bits per heavy atom. The van der Waals surface area contributed by atoms with Crippen molar-refractivity contribution in [2.75, 3.05) is 39.0 Å². The first-order chi connectivity index (χ1) is 10.9. The van der Waals surface area contributed by atoms with E-state index in [9.17, 15) is 27.6 Å². The monoisotopic (exact) mass is 364 g/mol. The molecule has 2 rings (SSSR count). The van der Waals surface area contributed by atoms with Gasteiger partial charge in [-0.15, -0.1) is 0 Å². The van der Waals surface area contributed by atoms with Gasteiger partial charge in [0.15, 0.2) is 0 Å². The van der Waals surface area contributed by atoms with Crippen LogP contribution in [0.25, 0.3) is 0 Å². The Kier molecular flexibility index (Phi) is 6.95. The van der Waals surface area contributed by atoms with Crippen LogP contribution in [-0.4, -0.2) is 91.4 Å². The second-order valence-electron chi connectivity index (χ2n) is 5.60. The van der Waals surface area contributed by atoms with Crippen LogP contribution in [0.1, 0.15) is 6.92 Å². The maximum Gasteiger partial charge on any atom is 0.261 e. The zero-order chi connectivity index (χ0) is 18.5. The third-order valence-corrected chi connectivity index (χ3v) is 3.13. The van der Waals surface area contributed by atoms with Crippen LogP contribution in [0.5, 0.6) is 0 Å². The molecule has 24 heavy (non-hydrogen) atoms. The summed E-state index contributed by atoms with van der Waals surface area (Å²) in [5.74, 6) is -1.29. The molecular formula is C12H20N4O7S. The molecule has 0 bridgehead atoms. The van der Waals surface area contributed by atoms with Crippen molar-refractivity contribution in [2.45, 2.75) is 13.0 Å². The van der Waals surface area contributed by atoms with Crippen LogP contribution in [0, 0.1) is 0 Å². The summed E-state index contributed by atoms with van der Waals surface area (Å²) in [7, 11) is -3.67. The smallest absolute Gasteiger partial charge is 0.261 e. The lowest BCUT2D eigenvalue weighted by molar-refractivity contribution is -0.140. The number of nitrogens with one attached hydrogen (secondary N) is 2. The molecule has 136 valence electrons. The van der Waals surface area contributed by atoms with Gasteiger partial charge in [0, 0.05) is 12.6 Å². The minimum absolute atomic E-state index is 0.0892. The van der Waals surface area contributed by atoms with Crippen molar-refractivity contribution in [3.05, 3.63) is 0 Å². The minimum Gasteiger partial charge on any atom is -0.294 e. The van der Waals surface area contributed by atoms with Gasteiger partial charge < -0.3 is 0 Å². The van der Waals surface area contributed by atoms with Crippen molar-refractivity contribution in [3.8, 4) is 0 Å². The van der Waals surface area contributed by atoms with Crippen LogP contribution in [0.3, 0.4) is 0 Å². The first-order valence-corrected chi connectivity index (χ1v) is 8.83. The van der Waals surface area contributed by atoms with Crippen molar-refractivity contribution in [3.63, 3.8) is 0 Å². The van der Waals surface area contributed by atoms with E-state index in [0.717, 1.165) is 0 Å². The van der Waals surface area contributed by atoms with Crippen molar-refractivity contribution in [1.29, 1.82) is 0 Å². The topological polar surface area (TPSA) is 153 Å². The Balaban J connectivity index is 0.000000505. The number of carbonyl (C=O) groups is 4. The zero-order valence-electron chi connectivity index (χ0n) is 13.3. The zero-order valence-corrected chi connectivity index (χ0v) is 14.1. The fourth-order valence-electron chi connectivity index (χ4n) is 2.29. The number of carbonyl (C=O) groups excluding carboxylic acids is 4. The number of imide groups is 2. The molecule has 4 amide bonds. The van der Waals surface area contributed by atoms with Crippen molar-refractivity contribution < 1.29 is 32.1 Å². The molecule has 0 aromatic rings. The quantitative estimate of drug-likeness (QED) is 0.347. The summed E-state index contributed by atoms with van der Waals surface area (Å²) >= 11 is 0. The predicted molar refractivity (Wildman–Crippen MR) is 81.2 cm³/mol. The third-order valence-electron chi connectivity index (χ3n) is 3.13. The predicted octanol–water partition coefficient (Wildman–Crippen LogP) is -3.20. The minimum atomic E-state index is -3.67. The fraction of sp³-hybridized carbons (Fsp3) is 0.667. The van der Waals surface area contributed by atoms with Crippen LogP contribution in [0.15, 0.2) is 0 Å². The Morgan fingerprint density at radius 2 is 1.29 bits per heavy atom. The number of piperazine rings is 2. The molecule has 3 N–H and O–H groups in total. The fourth-order valence-corrected chi connectivity index (χ4v) is 2.29. The molecule has 2 aliphatic heterocycles. The molecule has 0 unspecified atom stereocenters. The first kappa shape index (κ1) is 20.2. The van der Waals surface area contributed by atoms with Crippen LogP contribution in [0.4, 0.5) is 0 Å². The molecule has 1 atom stereocenters. The van der Waals surface area contributed by atoms with Crippen LogP contribution >= 0.6 is 0 Å². The van der Waals surface area contributed by atoms with Gasteiger partial charge in [-0.1, -0.05) is 0 Å². The number of amides is 4. The molecule has 12 heteroatoms. The largest absolute Gasteiger partial charge is 0.294 e.